The Labute approximate surface area is 145 Å². The summed E-state index contributed by atoms with van der Waals surface area (Å²) >= 11 is 5.91. The van der Waals surface area contributed by atoms with Gasteiger partial charge in [0.1, 0.15) is 11.3 Å². The molecule has 2 N–H and O–H groups in total. The van der Waals surface area contributed by atoms with Gasteiger partial charge in [0.2, 0.25) is 0 Å². The number of aromatic hydroxyl groups is 1. The third kappa shape index (κ3) is 4.26. The summed E-state index contributed by atoms with van der Waals surface area (Å²) in [7, 11) is 0. The SMILES string of the molecule is Cc1ccc(C(=O)O[C@@H](C)C(=O)Nc2cc(Cl)ccc2C)c(O)c1. The topological polar surface area (TPSA) is 75.6 Å². The molecule has 0 unspecified atom stereocenters. The van der Waals surface area contributed by atoms with Crippen molar-refractivity contribution in [3.8, 4) is 5.75 Å². The Bertz CT molecular complexity index is 789. The quantitative estimate of drug-likeness (QED) is 0.824. The van der Waals surface area contributed by atoms with E-state index >= 15 is 0 Å². The van der Waals surface area contributed by atoms with Crippen molar-refractivity contribution in [1.82, 2.24) is 0 Å². The van der Waals surface area contributed by atoms with E-state index in [2.05, 4.69) is 5.32 Å². The largest absolute Gasteiger partial charge is 0.507 e. The van der Waals surface area contributed by atoms with E-state index < -0.39 is 18.0 Å². The minimum atomic E-state index is -1.03. The molecule has 2 aromatic rings. The molecule has 0 fully saturated rings. The van der Waals surface area contributed by atoms with Crippen molar-refractivity contribution in [1.29, 1.82) is 0 Å². The van der Waals surface area contributed by atoms with Crippen LogP contribution in [0.15, 0.2) is 36.4 Å². The van der Waals surface area contributed by atoms with Gasteiger partial charge in [-0.3, -0.25) is 4.79 Å². The van der Waals surface area contributed by atoms with Crippen molar-refractivity contribution >= 4 is 29.2 Å². The fourth-order valence-electron chi connectivity index (χ4n) is 2.06. The van der Waals surface area contributed by atoms with Crippen molar-refractivity contribution in [2.24, 2.45) is 0 Å². The van der Waals surface area contributed by atoms with E-state index in [4.69, 9.17) is 16.3 Å². The predicted octanol–water partition coefficient (Wildman–Crippen LogP) is 3.85. The van der Waals surface area contributed by atoms with Gasteiger partial charge in [0, 0.05) is 10.7 Å². The second-order valence-electron chi connectivity index (χ2n) is 5.52. The van der Waals surface area contributed by atoms with Gasteiger partial charge in [-0.05, 0) is 56.2 Å². The average Bonchev–Trinajstić information content (AvgIpc) is 2.50. The van der Waals surface area contributed by atoms with Crippen molar-refractivity contribution in [3.63, 3.8) is 0 Å². The zero-order valence-corrected chi connectivity index (χ0v) is 14.3. The Balaban J connectivity index is 2.05. The van der Waals surface area contributed by atoms with E-state index in [1.54, 1.807) is 31.2 Å². The maximum absolute atomic E-state index is 12.2. The van der Waals surface area contributed by atoms with Crippen molar-refractivity contribution < 1.29 is 19.4 Å². The summed E-state index contributed by atoms with van der Waals surface area (Å²) in [6.07, 6.45) is -1.03. The van der Waals surface area contributed by atoms with Gasteiger partial charge in [-0.25, -0.2) is 4.79 Å². The number of aryl methyl sites for hydroxylation is 2. The standard InChI is InChI=1S/C18H18ClNO4/c1-10-4-7-14(16(21)8-10)18(23)24-12(3)17(22)20-15-9-13(19)6-5-11(15)2/h4-9,12,21H,1-3H3,(H,20,22)/t12-/m0/s1. The van der Waals surface area contributed by atoms with Gasteiger partial charge in [0.05, 0.1) is 0 Å². The van der Waals surface area contributed by atoms with Crippen LogP contribution in [0.3, 0.4) is 0 Å². The molecule has 0 aliphatic carbocycles. The number of ether oxygens (including phenoxy) is 1. The highest BCUT2D eigenvalue weighted by atomic mass is 35.5. The van der Waals surface area contributed by atoms with Gasteiger partial charge < -0.3 is 15.2 Å². The van der Waals surface area contributed by atoms with Gasteiger partial charge in [-0.15, -0.1) is 0 Å². The van der Waals surface area contributed by atoms with Crippen LogP contribution >= 0.6 is 11.6 Å². The molecule has 1 atom stereocenters. The van der Waals surface area contributed by atoms with Crippen LogP contribution in [0.1, 0.15) is 28.4 Å². The summed E-state index contributed by atoms with van der Waals surface area (Å²) < 4.78 is 5.12. The number of phenols is 1. The van der Waals surface area contributed by atoms with E-state index in [0.717, 1.165) is 11.1 Å². The number of rotatable bonds is 4. The maximum atomic E-state index is 12.2. The van der Waals surface area contributed by atoms with Crippen LogP contribution in [0.5, 0.6) is 5.75 Å². The first-order valence-corrected chi connectivity index (χ1v) is 7.73. The number of carbonyl (C=O) groups is 2. The number of amides is 1. The van der Waals surface area contributed by atoms with Gasteiger partial charge in [0.15, 0.2) is 6.10 Å². The molecule has 0 bridgehead atoms. The van der Waals surface area contributed by atoms with E-state index in [-0.39, 0.29) is 11.3 Å². The average molecular weight is 348 g/mol. The molecule has 2 aromatic carbocycles. The molecule has 126 valence electrons. The Morgan fingerprint density at radius 2 is 1.88 bits per heavy atom. The summed E-state index contributed by atoms with van der Waals surface area (Å²) in [5.41, 5.74) is 2.21. The molecule has 0 spiro atoms. The number of carbonyl (C=O) groups excluding carboxylic acids is 2. The lowest BCUT2D eigenvalue weighted by Crippen LogP contribution is -2.30. The molecule has 2 rings (SSSR count). The molecule has 24 heavy (non-hydrogen) atoms. The van der Waals surface area contributed by atoms with Gasteiger partial charge >= 0.3 is 5.97 Å². The van der Waals surface area contributed by atoms with Gasteiger partial charge in [-0.2, -0.15) is 0 Å². The number of anilines is 1. The Hall–Kier alpha value is -2.53. The summed E-state index contributed by atoms with van der Waals surface area (Å²) in [6.45, 7) is 5.07. The molecule has 6 heteroatoms. The first-order chi connectivity index (χ1) is 11.3. The van der Waals surface area contributed by atoms with Crippen LogP contribution in [0.4, 0.5) is 5.69 Å². The lowest BCUT2D eigenvalue weighted by molar-refractivity contribution is -0.123. The molecule has 0 aliphatic rings. The molecule has 0 saturated heterocycles. The van der Waals surface area contributed by atoms with Crippen molar-refractivity contribution in [2.45, 2.75) is 26.9 Å². The van der Waals surface area contributed by atoms with E-state index in [0.29, 0.717) is 10.7 Å². The van der Waals surface area contributed by atoms with Gasteiger partial charge in [-0.1, -0.05) is 23.7 Å². The predicted molar refractivity (Wildman–Crippen MR) is 92.5 cm³/mol. The first-order valence-electron chi connectivity index (χ1n) is 7.35. The fraction of sp³-hybridized carbons (Fsp3) is 0.222. The molecule has 0 radical (unpaired) electrons. The van der Waals surface area contributed by atoms with Crippen molar-refractivity contribution in [3.05, 3.63) is 58.1 Å². The molecular formula is C18H18ClNO4. The zero-order chi connectivity index (χ0) is 17.9. The fourth-order valence-corrected chi connectivity index (χ4v) is 2.23. The smallest absolute Gasteiger partial charge is 0.342 e. The van der Waals surface area contributed by atoms with Crippen LogP contribution in [-0.2, 0) is 9.53 Å². The third-order valence-electron chi connectivity index (χ3n) is 3.48. The number of hydrogen-bond acceptors (Lipinski definition) is 4. The molecule has 0 aromatic heterocycles. The van der Waals surface area contributed by atoms with Crippen LogP contribution in [0.2, 0.25) is 5.02 Å². The second kappa shape index (κ2) is 7.36. The molecule has 5 nitrogen and oxygen atoms in total. The minimum absolute atomic E-state index is 0.0131. The molecule has 0 saturated carbocycles. The van der Waals surface area contributed by atoms with Crippen molar-refractivity contribution in [2.75, 3.05) is 5.32 Å². The van der Waals surface area contributed by atoms with Crippen LogP contribution in [0.25, 0.3) is 0 Å². The maximum Gasteiger partial charge on any atom is 0.342 e. The normalized spacial score (nSPS) is 11.7. The highest BCUT2D eigenvalue weighted by Gasteiger charge is 2.21. The number of phenolic OH excluding ortho intramolecular Hbond substituents is 1. The number of benzene rings is 2. The Kier molecular flexibility index (Phi) is 5.46. The summed E-state index contributed by atoms with van der Waals surface area (Å²) in [5.74, 6) is -1.43. The first kappa shape index (κ1) is 17.8. The van der Waals surface area contributed by atoms with E-state index in [1.807, 2.05) is 6.92 Å². The van der Waals surface area contributed by atoms with Gasteiger partial charge in [0.25, 0.3) is 5.91 Å². The lowest BCUT2D eigenvalue weighted by atomic mass is 10.1. The van der Waals surface area contributed by atoms with E-state index in [1.165, 1.54) is 19.1 Å². The molecule has 1 amide bonds. The van der Waals surface area contributed by atoms with E-state index in [9.17, 15) is 14.7 Å². The molecule has 0 aliphatic heterocycles. The second-order valence-corrected chi connectivity index (χ2v) is 5.95. The Morgan fingerprint density at radius 1 is 1.17 bits per heavy atom. The molecular weight excluding hydrogens is 330 g/mol. The summed E-state index contributed by atoms with van der Waals surface area (Å²) in [5, 5.41) is 13.0. The number of hydrogen-bond donors (Lipinski definition) is 2. The number of nitrogens with one attached hydrogen (secondary N) is 1. The summed E-state index contributed by atoms with van der Waals surface area (Å²) in [6, 6.07) is 9.70. The Morgan fingerprint density at radius 3 is 2.54 bits per heavy atom. The highest BCUT2D eigenvalue weighted by molar-refractivity contribution is 6.31. The third-order valence-corrected chi connectivity index (χ3v) is 3.72. The number of esters is 1. The highest BCUT2D eigenvalue weighted by Crippen LogP contribution is 2.22. The number of halogens is 1. The minimum Gasteiger partial charge on any atom is -0.507 e. The monoisotopic (exact) mass is 347 g/mol. The van der Waals surface area contributed by atoms with Crippen LogP contribution in [-0.4, -0.2) is 23.1 Å². The lowest BCUT2D eigenvalue weighted by Gasteiger charge is -2.15. The van der Waals surface area contributed by atoms with Crippen LogP contribution in [0, 0.1) is 13.8 Å². The van der Waals surface area contributed by atoms with Crippen LogP contribution < -0.4 is 5.32 Å². The summed E-state index contributed by atoms with van der Waals surface area (Å²) in [4.78, 5) is 24.3. The molecule has 0 heterocycles. The zero-order valence-electron chi connectivity index (χ0n) is 13.6.